The van der Waals surface area contributed by atoms with Gasteiger partial charge in [0.05, 0.1) is 19.8 Å². The molecule has 0 aromatic heterocycles. The van der Waals surface area contributed by atoms with Crippen LogP contribution < -0.4 is 16.0 Å². The SMILES string of the molecule is CCCCCCCCCCCCCCN(CCCCCCCCCCCCCC)C(=O)OCCCNC(=O)CCN(CCC(=O)NCCCOC(=O)N(CCCCCCCCCCCCCC)CCCCCCCCCCCCCC)CCC(=O)NCCCOC(=O)N(CCCCCCCCCCCCCC)CCCCCCCCCCCCCC. The highest BCUT2D eigenvalue weighted by Gasteiger charge is 2.20. The highest BCUT2D eigenvalue weighted by molar-refractivity contribution is 5.77. The average Bonchev–Trinajstić information content (AvgIpc) is 0.954. The third-order valence-corrected chi connectivity index (χ3v) is 25.0. The molecule has 716 valence electrons. The van der Waals surface area contributed by atoms with Crippen molar-refractivity contribution in [1.29, 1.82) is 0 Å². The minimum absolute atomic E-state index is 0.140. The number of amides is 6. The van der Waals surface area contributed by atoms with E-state index in [1.54, 1.807) is 0 Å². The van der Waals surface area contributed by atoms with Crippen molar-refractivity contribution in [2.45, 2.75) is 542 Å². The Hall–Kier alpha value is -3.82. The summed E-state index contributed by atoms with van der Waals surface area (Å²) in [7, 11) is 0. The first-order chi connectivity index (χ1) is 59.6. The molecular formula is C105H207N7O9. The molecule has 0 aliphatic carbocycles. The molecule has 16 heteroatoms. The Morgan fingerprint density at radius 3 is 0.446 bits per heavy atom. The molecule has 3 N–H and O–H groups in total. The smallest absolute Gasteiger partial charge is 0.409 e. The summed E-state index contributed by atoms with van der Waals surface area (Å²) in [5.74, 6) is -0.421. The number of rotatable bonds is 99. The maximum Gasteiger partial charge on any atom is 0.409 e. The third kappa shape index (κ3) is 88.0. The number of ether oxygens (including phenoxy) is 3. The van der Waals surface area contributed by atoms with E-state index in [0.29, 0.717) is 58.5 Å². The number of hydrogen-bond acceptors (Lipinski definition) is 10. The van der Waals surface area contributed by atoms with Crippen LogP contribution in [0, 0.1) is 0 Å². The monoisotopic (exact) mass is 1710 g/mol. The van der Waals surface area contributed by atoms with Gasteiger partial charge < -0.3 is 49.8 Å². The summed E-state index contributed by atoms with van der Waals surface area (Å²) >= 11 is 0. The largest absolute Gasteiger partial charge is 0.449 e. The first kappa shape index (κ1) is 117. The zero-order valence-electron chi connectivity index (χ0n) is 81.7. The molecule has 0 rings (SSSR count). The zero-order chi connectivity index (χ0) is 87.8. The second-order valence-electron chi connectivity index (χ2n) is 36.8. The lowest BCUT2D eigenvalue weighted by atomic mass is 10.0. The molecule has 0 aromatic carbocycles. The topological polar surface area (TPSA) is 179 Å². The molecule has 0 saturated carbocycles. The maximum absolute atomic E-state index is 13.6. The normalized spacial score (nSPS) is 11.4. The summed E-state index contributed by atoms with van der Waals surface area (Å²) in [6, 6.07) is 0. The predicted molar refractivity (Wildman–Crippen MR) is 518 cm³/mol. The van der Waals surface area contributed by atoms with Gasteiger partial charge in [0, 0.05) is 97.8 Å². The van der Waals surface area contributed by atoms with Crippen LogP contribution in [0.5, 0.6) is 0 Å². The summed E-state index contributed by atoms with van der Waals surface area (Å²) in [6.07, 6.45) is 93.1. The van der Waals surface area contributed by atoms with Crippen molar-refractivity contribution >= 4 is 36.0 Å². The fourth-order valence-electron chi connectivity index (χ4n) is 16.8. The van der Waals surface area contributed by atoms with Gasteiger partial charge in [-0.05, 0) is 57.8 Å². The van der Waals surface area contributed by atoms with Gasteiger partial charge in [0.15, 0.2) is 0 Å². The molecule has 0 fully saturated rings. The van der Waals surface area contributed by atoms with Gasteiger partial charge in [0.25, 0.3) is 0 Å². The Morgan fingerprint density at radius 2 is 0.306 bits per heavy atom. The van der Waals surface area contributed by atoms with E-state index in [9.17, 15) is 28.8 Å². The van der Waals surface area contributed by atoms with Gasteiger partial charge >= 0.3 is 18.3 Å². The molecule has 0 aliphatic heterocycles. The van der Waals surface area contributed by atoms with E-state index in [1.807, 2.05) is 19.6 Å². The molecule has 0 radical (unpaired) electrons. The fourth-order valence-corrected chi connectivity index (χ4v) is 16.8. The van der Waals surface area contributed by atoms with Crippen molar-refractivity contribution in [2.24, 2.45) is 0 Å². The van der Waals surface area contributed by atoms with E-state index >= 15 is 0 Å². The molecule has 0 atom stereocenters. The summed E-state index contributed by atoms with van der Waals surface area (Å²) in [6.45, 7) is 20.8. The Morgan fingerprint density at radius 1 is 0.174 bits per heavy atom. The predicted octanol–water partition coefficient (Wildman–Crippen LogP) is 30.5. The molecule has 16 nitrogen and oxygen atoms in total. The van der Waals surface area contributed by atoms with Crippen LogP contribution in [0.25, 0.3) is 0 Å². The first-order valence-corrected chi connectivity index (χ1v) is 53.8. The summed E-state index contributed by atoms with van der Waals surface area (Å²) in [4.78, 5) is 89.2. The van der Waals surface area contributed by atoms with Gasteiger partial charge in [-0.3, -0.25) is 14.4 Å². The van der Waals surface area contributed by atoms with E-state index in [2.05, 4.69) is 57.5 Å². The van der Waals surface area contributed by atoms with Crippen LogP contribution in [-0.2, 0) is 28.6 Å². The van der Waals surface area contributed by atoms with Crippen LogP contribution in [0.4, 0.5) is 14.4 Å². The Balaban J connectivity index is 5.81. The van der Waals surface area contributed by atoms with E-state index < -0.39 is 0 Å². The molecule has 121 heavy (non-hydrogen) atoms. The van der Waals surface area contributed by atoms with Crippen LogP contribution in [0.15, 0.2) is 0 Å². The zero-order valence-corrected chi connectivity index (χ0v) is 81.7. The summed E-state index contributed by atoms with van der Waals surface area (Å²) < 4.78 is 17.7. The number of nitrogens with zero attached hydrogens (tertiary/aromatic N) is 4. The van der Waals surface area contributed by atoms with E-state index in [1.165, 1.54) is 385 Å². The number of carbonyl (C=O) groups is 6. The molecule has 0 saturated heterocycles. The van der Waals surface area contributed by atoms with Crippen LogP contribution in [0.2, 0.25) is 0 Å². The minimum Gasteiger partial charge on any atom is -0.449 e. The number of carbonyl (C=O) groups excluding carboxylic acids is 6. The van der Waals surface area contributed by atoms with Gasteiger partial charge in [-0.25, -0.2) is 14.4 Å². The van der Waals surface area contributed by atoms with Gasteiger partial charge in [-0.1, -0.05) is 465 Å². The second-order valence-corrected chi connectivity index (χ2v) is 36.8. The molecular weight excluding hydrogens is 1500 g/mol. The third-order valence-electron chi connectivity index (χ3n) is 25.0. The lowest BCUT2D eigenvalue weighted by molar-refractivity contribution is -0.121. The van der Waals surface area contributed by atoms with Crippen molar-refractivity contribution < 1.29 is 43.0 Å². The minimum atomic E-state index is -0.252. The first-order valence-electron chi connectivity index (χ1n) is 53.8. The van der Waals surface area contributed by atoms with E-state index in [4.69, 9.17) is 14.2 Å². The lowest BCUT2D eigenvalue weighted by Gasteiger charge is -2.23. The van der Waals surface area contributed by atoms with Crippen LogP contribution >= 0.6 is 0 Å². The maximum atomic E-state index is 13.6. The van der Waals surface area contributed by atoms with E-state index in [0.717, 1.165) is 116 Å². The van der Waals surface area contributed by atoms with Gasteiger partial charge in [-0.2, -0.15) is 0 Å². The molecule has 0 heterocycles. The van der Waals surface area contributed by atoms with Crippen molar-refractivity contribution in [1.82, 2.24) is 35.6 Å². The molecule has 0 unspecified atom stereocenters. The molecule has 0 aliphatic rings. The Labute approximate surface area is 751 Å². The molecule has 0 bridgehead atoms. The van der Waals surface area contributed by atoms with Crippen LogP contribution in [-0.4, -0.2) is 154 Å². The number of unbranched alkanes of at least 4 members (excludes halogenated alkanes) is 66. The van der Waals surface area contributed by atoms with Gasteiger partial charge in [0.2, 0.25) is 17.7 Å². The molecule has 0 spiro atoms. The highest BCUT2D eigenvalue weighted by Crippen LogP contribution is 2.21. The summed E-state index contributed by atoms with van der Waals surface area (Å²) in [5, 5.41) is 9.12. The lowest BCUT2D eigenvalue weighted by Crippen LogP contribution is -2.37. The van der Waals surface area contributed by atoms with Gasteiger partial charge in [-0.15, -0.1) is 0 Å². The van der Waals surface area contributed by atoms with Crippen molar-refractivity contribution in [3.05, 3.63) is 0 Å². The quantitative estimate of drug-likeness (QED) is 0.0392. The Kier molecular flexibility index (Phi) is 95.3. The average molecular weight is 1710 g/mol. The van der Waals surface area contributed by atoms with E-state index in [-0.39, 0.29) is 75.1 Å². The standard InChI is InChI=1S/C105H207N7O9/c1-7-13-19-25-31-37-43-49-55-61-67-73-88-110(89-74-68-62-56-50-44-38-32-26-20-14-8-2)103(116)119-97-79-85-106-100(113)82-94-109(95-83-101(114)107-86-80-98-120-104(117)111(90-75-69-63-57-51-45-39-33-27-21-15-9-3)91-76-70-64-58-52-46-40-34-28-22-16-10-4)96-84-102(115)108-87-81-99-121-105(118)112(92-77-71-65-59-53-47-41-35-29-23-17-11-5)93-78-72-66-60-54-48-42-36-30-24-18-12-6/h7-99H2,1-6H3,(H,106,113)(H,107,114)(H,108,115). The fraction of sp³-hybridized carbons (Fsp3) is 0.943. The summed E-state index contributed by atoms with van der Waals surface area (Å²) in [5.41, 5.74) is 0. The highest BCUT2D eigenvalue weighted by atomic mass is 16.6. The number of hydrogen-bond donors (Lipinski definition) is 3. The van der Waals surface area contributed by atoms with Crippen LogP contribution in [0.1, 0.15) is 542 Å². The van der Waals surface area contributed by atoms with Crippen molar-refractivity contribution in [2.75, 3.05) is 98.4 Å². The van der Waals surface area contributed by atoms with Gasteiger partial charge in [0.1, 0.15) is 0 Å². The molecule has 0 aromatic rings. The number of nitrogens with one attached hydrogen (secondary N) is 3. The molecule has 6 amide bonds. The van der Waals surface area contributed by atoms with Crippen molar-refractivity contribution in [3.63, 3.8) is 0 Å². The second kappa shape index (κ2) is 98.4. The Bertz CT molecular complexity index is 1860. The van der Waals surface area contributed by atoms with Crippen molar-refractivity contribution in [3.8, 4) is 0 Å². The van der Waals surface area contributed by atoms with Crippen LogP contribution in [0.3, 0.4) is 0 Å².